The van der Waals surface area contributed by atoms with Gasteiger partial charge in [-0.25, -0.2) is 17.6 Å². The van der Waals surface area contributed by atoms with E-state index in [0.717, 1.165) is 43.3 Å². The van der Waals surface area contributed by atoms with Crippen molar-refractivity contribution in [3.63, 3.8) is 0 Å². The van der Waals surface area contributed by atoms with Crippen molar-refractivity contribution in [3.05, 3.63) is 59.5 Å². The fraction of sp³-hybridized carbons (Fsp3) is 0.483. The molecule has 1 aromatic heterocycles. The Labute approximate surface area is 223 Å². The molecule has 0 bridgehead atoms. The van der Waals surface area contributed by atoms with Crippen molar-refractivity contribution in [1.29, 1.82) is 0 Å². The summed E-state index contributed by atoms with van der Waals surface area (Å²) in [6.07, 6.45) is -3.26. The van der Waals surface area contributed by atoms with Crippen LogP contribution in [0.1, 0.15) is 65.0 Å². The highest BCUT2D eigenvalue weighted by molar-refractivity contribution is 7.99. The number of benzene rings is 2. The van der Waals surface area contributed by atoms with Gasteiger partial charge in [0, 0.05) is 39.5 Å². The molecule has 9 heteroatoms. The lowest BCUT2D eigenvalue weighted by molar-refractivity contribution is -0.137. The van der Waals surface area contributed by atoms with Gasteiger partial charge in [0.2, 0.25) is 0 Å². The fourth-order valence-corrected chi connectivity index (χ4v) is 6.34. The number of hydrogen-bond acceptors (Lipinski definition) is 2. The van der Waals surface area contributed by atoms with Gasteiger partial charge in [-0.3, -0.25) is 0 Å². The summed E-state index contributed by atoms with van der Waals surface area (Å²) < 4.78 is 91.1. The van der Waals surface area contributed by atoms with Gasteiger partial charge in [0.25, 0.3) is 6.43 Å². The van der Waals surface area contributed by atoms with Crippen LogP contribution in [0.4, 0.5) is 26.3 Å². The van der Waals surface area contributed by atoms with Gasteiger partial charge in [0.1, 0.15) is 11.5 Å². The van der Waals surface area contributed by atoms with E-state index in [1.807, 2.05) is 27.7 Å². The summed E-state index contributed by atoms with van der Waals surface area (Å²) >= 11 is 1.14. The summed E-state index contributed by atoms with van der Waals surface area (Å²) in [6.45, 7) is 10.4. The third kappa shape index (κ3) is 5.92. The van der Waals surface area contributed by atoms with E-state index in [2.05, 4.69) is 11.3 Å². The van der Waals surface area contributed by atoms with E-state index >= 15 is 4.39 Å². The molecule has 4 rings (SSSR count). The molecule has 1 aliphatic rings. The zero-order chi connectivity index (χ0) is 28.0. The molecule has 0 radical (unpaired) electrons. The molecule has 0 amide bonds. The van der Waals surface area contributed by atoms with Crippen LogP contribution in [-0.2, 0) is 12.7 Å². The lowest BCUT2D eigenvalue weighted by atomic mass is 9.74. The number of alkyl halides is 5. The van der Waals surface area contributed by atoms with E-state index in [-0.39, 0.29) is 32.2 Å². The first kappa shape index (κ1) is 28.6. The number of aromatic nitrogens is 1. The van der Waals surface area contributed by atoms with Crippen molar-refractivity contribution in [1.82, 2.24) is 4.57 Å². The topological polar surface area (TPSA) is 17.3 Å². The highest BCUT2D eigenvalue weighted by atomic mass is 32.2. The first-order valence-corrected chi connectivity index (χ1v) is 13.4. The van der Waals surface area contributed by atoms with Crippen LogP contribution in [-0.4, -0.2) is 21.5 Å². The monoisotopic (exact) mass is 554 g/mol. The van der Waals surface area contributed by atoms with Gasteiger partial charge in [0.05, 0.1) is 5.56 Å². The maximum atomic E-state index is 15.5. The molecule has 1 heterocycles. The molecule has 0 aliphatic heterocycles. The minimum Gasteiger partial charge on any atom is -0.346 e. The third-order valence-electron chi connectivity index (χ3n) is 7.00. The molecule has 2 nitrogen and oxygen atoms in total. The molecule has 0 atom stereocenters. The van der Waals surface area contributed by atoms with E-state index < -0.39 is 29.7 Å². The zero-order valence-electron chi connectivity index (χ0n) is 22.1. The third-order valence-corrected chi connectivity index (χ3v) is 8.06. The van der Waals surface area contributed by atoms with Gasteiger partial charge in [0.15, 0.2) is 0 Å². The first-order valence-electron chi connectivity index (χ1n) is 12.7. The Balaban J connectivity index is 1.88. The van der Waals surface area contributed by atoms with Crippen LogP contribution in [0.3, 0.4) is 0 Å². The number of nitrogens with zero attached hydrogens (tertiary/aromatic N) is 2. The summed E-state index contributed by atoms with van der Waals surface area (Å²) in [5.74, 6) is -0.361. The highest BCUT2D eigenvalue weighted by Crippen LogP contribution is 2.50. The Hall–Kier alpha value is -2.42. The van der Waals surface area contributed by atoms with Crippen LogP contribution in [0, 0.1) is 17.2 Å². The van der Waals surface area contributed by atoms with E-state index in [4.69, 9.17) is 0 Å². The van der Waals surface area contributed by atoms with E-state index in [0.29, 0.717) is 18.0 Å². The summed E-state index contributed by atoms with van der Waals surface area (Å²) in [5, 5.41) is 0.199. The van der Waals surface area contributed by atoms with Gasteiger partial charge < -0.3 is 4.57 Å². The molecule has 38 heavy (non-hydrogen) atoms. The molecule has 0 saturated heterocycles. The Kier molecular flexibility index (Phi) is 7.73. The maximum Gasteiger partial charge on any atom is 0.417 e. The molecular formula is C29H32F6N2S. The first-order chi connectivity index (χ1) is 17.6. The van der Waals surface area contributed by atoms with Gasteiger partial charge >= 0.3 is 6.18 Å². The second-order valence-electron chi connectivity index (χ2n) is 11.6. The summed E-state index contributed by atoms with van der Waals surface area (Å²) in [6, 6.07) is 7.18. The molecule has 1 aliphatic carbocycles. The highest BCUT2D eigenvalue weighted by Gasteiger charge is 2.40. The van der Waals surface area contributed by atoms with Gasteiger partial charge in [-0.1, -0.05) is 52.3 Å². The van der Waals surface area contributed by atoms with E-state index in [1.165, 1.54) is 30.5 Å². The number of halogens is 6. The molecule has 3 aromatic rings. The number of rotatable bonds is 7. The minimum absolute atomic E-state index is 0.0938. The van der Waals surface area contributed by atoms with Gasteiger partial charge in [-0.15, -0.1) is 0 Å². The van der Waals surface area contributed by atoms with Crippen molar-refractivity contribution in [2.24, 2.45) is 15.7 Å². The van der Waals surface area contributed by atoms with Crippen LogP contribution in [0.5, 0.6) is 0 Å². The molecule has 0 N–H and O–H groups in total. The summed E-state index contributed by atoms with van der Waals surface area (Å²) in [4.78, 5) is 0. The van der Waals surface area contributed by atoms with Crippen LogP contribution in [0.2, 0.25) is 0 Å². The van der Waals surface area contributed by atoms with E-state index in [1.54, 1.807) is 4.57 Å². The molecule has 0 unspecified atom stereocenters. The molecule has 1 fully saturated rings. The van der Waals surface area contributed by atoms with E-state index in [9.17, 15) is 22.0 Å². The SMILES string of the molecule is CCC1CC(C)(S/N=C(\c2cn(CC(C)(C)C)c3cc(-c4ccccc4C(F)(F)F)c(F)cc23)C(F)F)C1. The molecular weight excluding hydrogens is 522 g/mol. The van der Waals surface area contributed by atoms with Crippen LogP contribution < -0.4 is 0 Å². The quantitative estimate of drug-likeness (QED) is 0.161. The number of fused-ring (bicyclic) bond motifs is 1. The van der Waals surface area contributed by atoms with Crippen molar-refractivity contribution in [2.75, 3.05) is 0 Å². The lowest BCUT2D eigenvalue weighted by Gasteiger charge is -2.43. The standard InChI is InChI=1S/C29H32F6N2S/c1-6-17-13-28(5,14-17)38-36-25(26(31)32)21-15-37(16-27(2,3)4)24-12-19(23(30)11-20(21)24)18-9-7-8-10-22(18)29(33,34)35/h7-12,15,17,26H,6,13-14,16H2,1-5H3/b36-25+. The smallest absolute Gasteiger partial charge is 0.346 e. The summed E-state index contributed by atoms with van der Waals surface area (Å²) in [7, 11) is 0. The van der Waals surface area contributed by atoms with Crippen molar-refractivity contribution in [2.45, 2.75) is 77.8 Å². The molecule has 206 valence electrons. The molecule has 0 spiro atoms. The predicted molar refractivity (Wildman–Crippen MR) is 143 cm³/mol. The van der Waals surface area contributed by atoms with Crippen molar-refractivity contribution >= 4 is 28.6 Å². The van der Waals surface area contributed by atoms with Gasteiger partial charge in [-0.05, 0) is 66.8 Å². The molecule has 2 aromatic carbocycles. The zero-order valence-corrected chi connectivity index (χ0v) is 22.9. The Bertz CT molecular complexity index is 1340. The average molecular weight is 555 g/mol. The Morgan fingerprint density at radius 1 is 1.11 bits per heavy atom. The minimum atomic E-state index is -4.68. The second-order valence-corrected chi connectivity index (χ2v) is 13.0. The average Bonchev–Trinajstić information content (AvgIpc) is 3.11. The van der Waals surface area contributed by atoms with Crippen molar-refractivity contribution in [3.8, 4) is 11.1 Å². The largest absolute Gasteiger partial charge is 0.417 e. The van der Waals surface area contributed by atoms with Crippen molar-refractivity contribution < 1.29 is 26.3 Å². The second kappa shape index (κ2) is 10.3. The maximum absolute atomic E-state index is 15.5. The number of hydrogen-bond donors (Lipinski definition) is 0. The lowest BCUT2D eigenvalue weighted by Crippen LogP contribution is -2.37. The van der Waals surface area contributed by atoms with Gasteiger partial charge in [-0.2, -0.15) is 13.2 Å². The molecule has 1 saturated carbocycles. The Morgan fingerprint density at radius 2 is 1.76 bits per heavy atom. The predicted octanol–water partition coefficient (Wildman–Crippen LogP) is 9.79. The fourth-order valence-electron chi connectivity index (χ4n) is 5.22. The van der Waals surface area contributed by atoms with Crippen LogP contribution >= 0.6 is 11.9 Å². The normalized spacial score (nSPS) is 20.8. The summed E-state index contributed by atoms with van der Waals surface area (Å²) in [5.41, 5.74) is -1.75. The van der Waals surface area contributed by atoms with Crippen LogP contribution in [0.15, 0.2) is 47.0 Å². The Morgan fingerprint density at radius 3 is 2.34 bits per heavy atom. The van der Waals surface area contributed by atoms with Crippen LogP contribution in [0.25, 0.3) is 22.0 Å².